The first kappa shape index (κ1) is 22.6. The Hall–Kier alpha value is -2.71. The molecular weight excluding hydrogens is 382 g/mol. The number of amides is 2. The molecule has 0 aromatic heterocycles. The normalized spacial score (nSPS) is 11.9. The van der Waals surface area contributed by atoms with Gasteiger partial charge in [0.15, 0.2) is 0 Å². The fourth-order valence-electron chi connectivity index (χ4n) is 2.60. The van der Waals surface area contributed by atoms with Crippen LogP contribution in [0.2, 0.25) is 0 Å². The average Bonchev–Trinajstić information content (AvgIpc) is 2.67. The quantitative estimate of drug-likeness (QED) is 0.528. The molecule has 2 rings (SSSR count). The zero-order valence-electron chi connectivity index (χ0n) is 16.5. The molecule has 158 valence electrons. The monoisotopic (exact) mass is 408 g/mol. The number of carbonyl (C=O) groups is 1. The molecule has 2 aromatic carbocycles. The van der Waals surface area contributed by atoms with E-state index in [-0.39, 0.29) is 5.75 Å². The lowest BCUT2D eigenvalue weighted by Gasteiger charge is -2.16. The molecule has 0 saturated carbocycles. The number of urea groups is 1. The molecule has 29 heavy (non-hydrogen) atoms. The maximum Gasteiger partial charge on any atom is 0.387 e. The van der Waals surface area contributed by atoms with Gasteiger partial charge in [0.25, 0.3) is 0 Å². The third-order valence-electron chi connectivity index (χ3n) is 3.96. The number of carbonyl (C=O) groups excluding carboxylic acids is 1. The third kappa shape index (κ3) is 8.45. The fraction of sp³-hybridized carbons (Fsp3) is 0.381. The van der Waals surface area contributed by atoms with Crippen molar-refractivity contribution in [3.05, 3.63) is 59.7 Å². The van der Waals surface area contributed by atoms with Crippen LogP contribution in [0.3, 0.4) is 0 Å². The molecule has 0 saturated heterocycles. The van der Waals surface area contributed by atoms with Crippen molar-refractivity contribution in [3.8, 4) is 5.75 Å². The van der Waals surface area contributed by atoms with Crippen molar-refractivity contribution < 1.29 is 27.8 Å². The highest BCUT2D eigenvalue weighted by atomic mass is 19.3. The maximum atomic E-state index is 12.4. The second kappa shape index (κ2) is 12.0. The third-order valence-corrected chi connectivity index (χ3v) is 3.96. The van der Waals surface area contributed by atoms with Crippen LogP contribution in [-0.2, 0) is 16.1 Å². The molecule has 8 heteroatoms. The minimum atomic E-state index is -2.90. The molecule has 2 N–H and O–H groups in total. The zero-order valence-corrected chi connectivity index (χ0v) is 16.5. The number of anilines is 1. The molecule has 0 bridgehead atoms. The first-order chi connectivity index (χ1) is 14.0. The highest BCUT2D eigenvalue weighted by molar-refractivity contribution is 5.89. The molecule has 1 atom stereocenters. The first-order valence-electron chi connectivity index (χ1n) is 9.34. The number of hydrogen-bond acceptors (Lipinski definition) is 4. The Morgan fingerprint density at radius 3 is 2.59 bits per heavy atom. The van der Waals surface area contributed by atoms with Gasteiger partial charge in [-0.1, -0.05) is 24.3 Å². The minimum Gasteiger partial charge on any atom is -0.435 e. The van der Waals surface area contributed by atoms with Crippen molar-refractivity contribution in [2.45, 2.75) is 33.1 Å². The summed E-state index contributed by atoms with van der Waals surface area (Å²) in [5.41, 5.74) is 2.19. The standard InChI is InChI=1S/C21H26F2N2O4/c1-3-27-10-11-28-14-16-6-4-8-18(12-16)25-21(26)24-15(2)17-7-5-9-19(13-17)29-20(22)23/h4-9,12-13,15,20H,3,10-11,14H2,1-2H3,(H2,24,25,26). The lowest BCUT2D eigenvalue weighted by atomic mass is 10.1. The Morgan fingerprint density at radius 2 is 1.83 bits per heavy atom. The van der Waals surface area contributed by atoms with Gasteiger partial charge in [-0.2, -0.15) is 8.78 Å². The Balaban J connectivity index is 1.86. The molecule has 0 fully saturated rings. The number of benzene rings is 2. The number of alkyl halides is 2. The number of nitrogens with one attached hydrogen (secondary N) is 2. The highest BCUT2D eigenvalue weighted by Gasteiger charge is 2.12. The van der Waals surface area contributed by atoms with Crippen LogP contribution in [0.4, 0.5) is 19.3 Å². The molecule has 0 radical (unpaired) electrons. The average molecular weight is 408 g/mol. The van der Waals surface area contributed by atoms with E-state index in [0.717, 1.165) is 5.56 Å². The second-order valence-electron chi connectivity index (χ2n) is 6.22. The maximum absolute atomic E-state index is 12.4. The van der Waals surface area contributed by atoms with Gasteiger partial charge >= 0.3 is 12.6 Å². The van der Waals surface area contributed by atoms with Gasteiger partial charge in [-0.05, 0) is 49.2 Å². The number of halogens is 2. The zero-order chi connectivity index (χ0) is 21.1. The number of hydrogen-bond donors (Lipinski definition) is 2. The summed E-state index contributed by atoms with van der Waals surface area (Å²) in [6.07, 6.45) is 0. The van der Waals surface area contributed by atoms with Crippen molar-refractivity contribution >= 4 is 11.7 Å². The Kier molecular flexibility index (Phi) is 9.33. The van der Waals surface area contributed by atoms with E-state index >= 15 is 0 Å². The van der Waals surface area contributed by atoms with Gasteiger partial charge < -0.3 is 24.8 Å². The summed E-state index contributed by atoms with van der Waals surface area (Å²) in [6.45, 7) is 2.89. The largest absolute Gasteiger partial charge is 0.435 e. The van der Waals surface area contributed by atoms with Gasteiger partial charge in [0.1, 0.15) is 5.75 Å². The molecule has 1 unspecified atom stereocenters. The van der Waals surface area contributed by atoms with Crippen LogP contribution in [0, 0.1) is 0 Å². The van der Waals surface area contributed by atoms with Crippen molar-refractivity contribution in [2.75, 3.05) is 25.1 Å². The SMILES string of the molecule is CCOCCOCc1cccc(NC(=O)NC(C)c2cccc(OC(F)F)c2)c1. The Labute approximate surface area is 169 Å². The predicted molar refractivity (Wildman–Crippen MR) is 106 cm³/mol. The van der Waals surface area contributed by atoms with Crippen LogP contribution >= 0.6 is 0 Å². The smallest absolute Gasteiger partial charge is 0.387 e. The summed E-state index contributed by atoms with van der Waals surface area (Å²) in [5, 5.41) is 5.53. The summed E-state index contributed by atoms with van der Waals surface area (Å²) in [7, 11) is 0. The van der Waals surface area contributed by atoms with E-state index in [1.807, 2.05) is 25.1 Å². The van der Waals surface area contributed by atoms with Crippen molar-refractivity contribution in [1.29, 1.82) is 0 Å². The molecule has 0 aliphatic rings. The summed E-state index contributed by atoms with van der Waals surface area (Å²) >= 11 is 0. The van der Waals surface area contributed by atoms with Crippen molar-refractivity contribution in [2.24, 2.45) is 0 Å². The van der Waals surface area contributed by atoms with E-state index in [0.29, 0.717) is 37.7 Å². The summed E-state index contributed by atoms with van der Waals surface area (Å²) in [6, 6.07) is 12.7. The van der Waals surface area contributed by atoms with Gasteiger partial charge in [0.2, 0.25) is 0 Å². The molecule has 0 heterocycles. The molecule has 6 nitrogen and oxygen atoms in total. The molecule has 2 aromatic rings. The van der Waals surface area contributed by atoms with E-state index in [1.54, 1.807) is 25.1 Å². The van der Waals surface area contributed by atoms with E-state index in [1.165, 1.54) is 12.1 Å². The topological polar surface area (TPSA) is 68.8 Å². The van der Waals surface area contributed by atoms with E-state index < -0.39 is 18.7 Å². The molecule has 2 amide bonds. The first-order valence-corrected chi connectivity index (χ1v) is 9.34. The molecule has 0 aliphatic heterocycles. The van der Waals surface area contributed by atoms with Crippen molar-refractivity contribution in [3.63, 3.8) is 0 Å². The minimum absolute atomic E-state index is 0.0450. The van der Waals surface area contributed by atoms with Crippen LogP contribution in [0.5, 0.6) is 5.75 Å². The summed E-state index contributed by atoms with van der Waals surface area (Å²) in [4.78, 5) is 12.3. The van der Waals surface area contributed by atoms with E-state index in [2.05, 4.69) is 15.4 Å². The predicted octanol–water partition coefficient (Wildman–Crippen LogP) is 4.72. The van der Waals surface area contributed by atoms with Crippen molar-refractivity contribution in [1.82, 2.24) is 5.32 Å². The lowest BCUT2D eigenvalue weighted by Crippen LogP contribution is -2.31. The highest BCUT2D eigenvalue weighted by Crippen LogP contribution is 2.21. The number of rotatable bonds is 11. The van der Waals surface area contributed by atoms with Crippen LogP contribution in [0.15, 0.2) is 48.5 Å². The molecule has 0 spiro atoms. The summed E-state index contributed by atoms with van der Waals surface area (Å²) in [5.74, 6) is 0.0450. The van der Waals surface area contributed by atoms with Crippen LogP contribution in [0.25, 0.3) is 0 Å². The fourth-order valence-corrected chi connectivity index (χ4v) is 2.60. The van der Waals surface area contributed by atoms with Gasteiger partial charge in [-0.3, -0.25) is 0 Å². The van der Waals surface area contributed by atoms with Gasteiger partial charge in [0, 0.05) is 12.3 Å². The lowest BCUT2D eigenvalue weighted by molar-refractivity contribution is -0.0499. The van der Waals surface area contributed by atoms with Gasteiger partial charge in [0.05, 0.1) is 25.9 Å². The van der Waals surface area contributed by atoms with E-state index in [4.69, 9.17) is 9.47 Å². The second-order valence-corrected chi connectivity index (χ2v) is 6.22. The summed E-state index contributed by atoms with van der Waals surface area (Å²) < 4.78 is 39.8. The van der Waals surface area contributed by atoms with Crippen LogP contribution < -0.4 is 15.4 Å². The number of ether oxygens (including phenoxy) is 3. The molecular formula is C21H26F2N2O4. The van der Waals surface area contributed by atoms with Crippen LogP contribution in [0.1, 0.15) is 31.0 Å². The molecule has 0 aliphatic carbocycles. The Morgan fingerprint density at radius 1 is 1.07 bits per heavy atom. The Bertz CT molecular complexity index is 774. The van der Waals surface area contributed by atoms with Crippen LogP contribution in [-0.4, -0.2) is 32.5 Å². The van der Waals surface area contributed by atoms with Gasteiger partial charge in [-0.25, -0.2) is 4.79 Å². The van der Waals surface area contributed by atoms with E-state index in [9.17, 15) is 13.6 Å². The van der Waals surface area contributed by atoms with Gasteiger partial charge in [-0.15, -0.1) is 0 Å².